The maximum absolute atomic E-state index is 14.3. The van der Waals surface area contributed by atoms with Crippen LogP contribution in [0.2, 0.25) is 0 Å². The molecule has 0 amide bonds. The highest BCUT2D eigenvalue weighted by Crippen LogP contribution is 2.43. The molecule has 0 aromatic heterocycles. The van der Waals surface area contributed by atoms with Crippen LogP contribution in [0.15, 0.2) is 16.6 Å². The molecule has 2 N–H and O–H groups in total. The van der Waals surface area contributed by atoms with E-state index in [4.69, 9.17) is 5.73 Å². The molecule has 0 radical (unpaired) electrons. The van der Waals surface area contributed by atoms with E-state index >= 15 is 0 Å². The smallest absolute Gasteiger partial charge is 0.145 e. The van der Waals surface area contributed by atoms with Gasteiger partial charge in [-0.25, -0.2) is 8.78 Å². The molecule has 0 heterocycles. The maximum atomic E-state index is 14.3. The van der Waals surface area contributed by atoms with Gasteiger partial charge in [0.25, 0.3) is 0 Å². The summed E-state index contributed by atoms with van der Waals surface area (Å²) in [5, 5.41) is 0. The molecule has 4 heteroatoms. The molecule has 2 rings (SSSR count). The standard InChI is InChI=1S/C15H20BrF2N/c1-14(2)6-3-7-15(19,9-8-14)12-11(17)5-4-10(16)13(12)18/h4-5H,3,6-9,19H2,1-2H3. The molecule has 1 saturated carbocycles. The molecule has 1 aliphatic carbocycles. The number of nitrogens with two attached hydrogens (primary N) is 1. The lowest BCUT2D eigenvalue weighted by atomic mass is 9.80. The highest BCUT2D eigenvalue weighted by molar-refractivity contribution is 9.10. The van der Waals surface area contributed by atoms with Crippen LogP contribution in [0.4, 0.5) is 8.78 Å². The Labute approximate surface area is 121 Å². The SMILES string of the molecule is CC1(C)CCCC(N)(c2c(F)ccc(Br)c2F)CC1. The first-order chi connectivity index (χ1) is 8.75. The third kappa shape index (κ3) is 3.00. The summed E-state index contributed by atoms with van der Waals surface area (Å²) in [5.74, 6) is -1.09. The zero-order valence-electron chi connectivity index (χ0n) is 11.4. The van der Waals surface area contributed by atoms with E-state index in [-0.39, 0.29) is 15.5 Å². The van der Waals surface area contributed by atoms with Gasteiger partial charge in [-0.1, -0.05) is 20.3 Å². The Morgan fingerprint density at radius 3 is 2.47 bits per heavy atom. The largest absolute Gasteiger partial charge is 0.321 e. The predicted molar refractivity (Wildman–Crippen MR) is 76.8 cm³/mol. The van der Waals surface area contributed by atoms with Crippen molar-refractivity contribution in [2.45, 2.75) is 51.5 Å². The van der Waals surface area contributed by atoms with Crippen molar-refractivity contribution in [3.8, 4) is 0 Å². The fourth-order valence-electron chi connectivity index (χ4n) is 2.93. The monoisotopic (exact) mass is 331 g/mol. The molecule has 1 aliphatic rings. The molecular formula is C15H20BrF2N. The lowest BCUT2D eigenvalue weighted by Crippen LogP contribution is -2.38. The van der Waals surface area contributed by atoms with Crippen LogP contribution in [0.1, 0.15) is 51.5 Å². The van der Waals surface area contributed by atoms with Gasteiger partial charge < -0.3 is 5.73 Å². The van der Waals surface area contributed by atoms with Crippen molar-refractivity contribution in [3.05, 3.63) is 33.8 Å². The molecule has 1 aromatic rings. The van der Waals surface area contributed by atoms with Crippen molar-refractivity contribution in [1.29, 1.82) is 0 Å². The number of halogens is 3. The van der Waals surface area contributed by atoms with Gasteiger partial charge in [-0.05, 0) is 59.2 Å². The van der Waals surface area contributed by atoms with Crippen LogP contribution in [0.3, 0.4) is 0 Å². The van der Waals surface area contributed by atoms with Gasteiger partial charge in [0.1, 0.15) is 11.6 Å². The number of hydrogen-bond donors (Lipinski definition) is 1. The summed E-state index contributed by atoms with van der Waals surface area (Å²) in [7, 11) is 0. The first kappa shape index (κ1) is 14.9. The second-order valence-corrected chi connectivity index (χ2v) is 7.25. The summed E-state index contributed by atoms with van der Waals surface area (Å²) in [5.41, 5.74) is 5.71. The molecule has 106 valence electrons. The Kier molecular flexibility index (Phi) is 4.03. The van der Waals surface area contributed by atoms with Gasteiger partial charge in [0, 0.05) is 11.1 Å². The second kappa shape index (κ2) is 5.13. The zero-order chi connectivity index (χ0) is 14.3. The van der Waals surface area contributed by atoms with Gasteiger partial charge in [0.05, 0.1) is 4.47 Å². The number of benzene rings is 1. The number of hydrogen-bond acceptors (Lipinski definition) is 1. The van der Waals surface area contributed by atoms with Crippen molar-refractivity contribution in [1.82, 2.24) is 0 Å². The summed E-state index contributed by atoms with van der Waals surface area (Å²) in [6.07, 6.45) is 4.07. The van der Waals surface area contributed by atoms with E-state index < -0.39 is 17.2 Å². The Hall–Kier alpha value is -0.480. The van der Waals surface area contributed by atoms with Crippen LogP contribution in [-0.2, 0) is 5.54 Å². The van der Waals surface area contributed by atoms with Crippen LogP contribution in [0, 0.1) is 17.0 Å². The van der Waals surface area contributed by atoms with Crippen LogP contribution >= 0.6 is 15.9 Å². The fourth-order valence-corrected chi connectivity index (χ4v) is 3.26. The van der Waals surface area contributed by atoms with Crippen molar-refractivity contribution >= 4 is 15.9 Å². The maximum Gasteiger partial charge on any atom is 0.145 e. The molecule has 0 bridgehead atoms. The van der Waals surface area contributed by atoms with E-state index in [1.807, 2.05) is 0 Å². The molecular weight excluding hydrogens is 312 g/mol. The van der Waals surface area contributed by atoms with Gasteiger partial charge in [0.2, 0.25) is 0 Å². The van der Waals surface area contributed by atoms with Crippen LogP contribution in [-0.4, -0.2) is 0 Å². The van der Waals surface area contributed by atoms with Gasteiger partial charge in [-0.15, -0.1) is 0 Å². The Morgan fingerprint density at radius 1 is 1.11 bits per heavy atom. The highest BCUT2D eigenvalue weighted by atomic mass is 79.9. The lowest BCUT2D eigenvalue weighted by molar-refractivity contribution is 0.293. The van der Waals surface area contributed by atoms with E-state index in [9.17, 15) is 8.78 Å². The summed E-state index contributed by atoms with van der Waals surface area (Å²) in [4.78, 5) is 0. The quantitative estimate of drug-likeness (QED) is 0.576. The van der Waals surface area contributed by atoms with Gasteiger partial charge in [-0.3, -0.25) is 0 Å². The van der Waals surface area contributed by atoms with Crippen LogP contribution in [0.5, 0.6) is 0 Å². The number of rotatable bonds is 1. The summed E-state index contributed by atoms with van der Waals surface area (Å²) < 4.78 is 28.6. The topological polar surface area (TPSA) is 26.0 Å². The predicted octanol–water partition coefficient (Wildman–Crippen LogP) is 4.87. The van der Waals surface area contributed by atoms with Crippen molar-refractivity contribution in [2.75, 3.05) is 0 Å². The zero-order valence-corrected chi connectivity index (χ0v) is 13.0. The summed E-state index contributed by atoms with van der Waals surface area (Å²) >= 11 is 3.12. The molecule has 0 saturated heterocycles. The molecule has 1 fully saturated rings. The van der Waals surface area contributed by atoms with E-state index in [1.54, 1.807) is 0 Å². The average Bonchev–Trinajstić information content (AvgIpc) is 2.45. The molecule has 0 spiro atoms. The van der Waals surface area contributed by atoms with Crippen molar-refractivity contribution in [3.63, 3.8) is 0 Å². The lowest BCUT2D eigenvalue weighted by Gasteiger charge is -2.30. The van der Waals surface area contributed by atoms with Gasteiger partial charge in [0.15, 0.2) is 0 Å². The molecule has 0 aliphatic heterocycles. The third-order valence-electron chi connectivity index (χ3n) is 4.27. The molecule has 1 nitrogen and oxygen atoms in total. The van der Waals surface area contributed by atoms with E-state index in [1.165, 1.54) is 12.1 Å². The minimum Gasteiger partial charge on any atom is -0.321 e. The highest BCUT2D eigenvalue weighted by Gasteiger charge is 2.38. The minimum absolute atomic E-state index is 0.0413. The summed E-state index contributed by atoms with van der Waals surface area (Å²) in [6.45, 7) is 4.37. The second-order valence-electron chi connectivity index (χ2n) is 6.39. The average molecular weight is 332 g/mol. The van der Waals surface area contributed by atoms with Crippen molar-refractivity contribution < 1.29 is 8.78 Å². The van der Waals surface area contributed by atoms with E-state index in [2.05, 4.69) is 29.8 Å². The van der Waals surface area contributed by atoms with Crippen molar-refractivity contribution in [2.24, 2.45) is 11.1 Å². The first-order valence-corrected chi connectivity index (χ1v) is 7.47. The third-order valence-corrected chi connectivity index (χ3v) is 4.88. The molecule has 19 heavy (non-hydrogen) atoms. The molecule has 1 unspecified atom stereocenters. The van der Waals surface area contributed by atoms with E-state index in [0.717, 1.165) is 19.3 Å². The van der Waals surface area contributed by atoms with E-state index in [0.29, 0.717) is 12.8 Å². The minimum atomic E-state index is -0.897. The Balaban J connectivity index is 2.42. The molecule has 1 atom stereocenters. The normalized spacial score (nSPS) is 27.1. The summed E-state index contributed by atoms with van der Waals surface area (Å²) in [6, 6.07) is 2.67. The Bertz CT molecular complexity index is 487. The van der Waals surface area contributed by atoms with Crippen LogP contribution < -0.4 is 5.73 Å². The van der Waals surface area contributed by atoms with Gasteiger partial charge in [-0.2, -0.15) is 0 Å². The van der Waals surface area contributed by atoms with Crippen LogP contribution in [0.25, 0.3) is 0 Å². The van der Waals surface area contributed by atoms with Gasteiger partial charge >= 0.3 is 0 Å². The molecule has 1 aromatic carbocycles. The fraction of sp³-hybridized carbons (Fsp3) is 0.600. The Morgan fingerprint density at radius 2 is 1.79 bits per heavy atom. The first-order valence-electron chi connectivity index (χ1n) is 6.68.